The lowest BCUT2D eigenvalue weighted by Gasteiger charge is -2.14. The third kappa shape index (κ3) is 6.90. The van der Waals surface area contributed by atoms with Gasteiger partial charge in [-0.3, -0.25) is 0 Å². The lowest BCUT2D eigenvalue weighted by molar-refractivity contribution is 0.293. The Morgan fingerprint density at radius 1 is 1.15 bits per heavy atom. The predicted octanol–water partition coefficient (Wildman–Crippen LogP) is 4.39. The van der Waals surface area contributed by atoms with Gasteiger partial charge in [0.25, 0.3) is 0 Å². The number of rotatable bonds is 9. The molecule has 0 spiro atoms. The van der Waals surface area contributed by atoms with Gasteiger partial charge < -0.3 is 10.1 Å². The number of ether oxygens (including phenoxy) is 1. The molecule has 0 amide bonds. The highest BCUT2D eigenvalue weighted by molar-refractivity contribution is 5.33. The largest absolute Gasteiger partial charge is 0.493 e. The minimum absolute atomic E-state index is 0.208. The molecule has 1 N–H and O–H groups in total. The normalized spacial score (nSPS) is 11.3. The molecule has 2 nitrogen and oxygen atoms in total. The second-order valence-electron chi connectivity index (χ2n) is 6.16. The zero-order valence-corrected chi connectivity index (χ0v) is 13.2. The molecular weight excluding hydrogens is 253 g/mol. The second kappa shape index (κ2) is 8.96. The number of nitrogens with one attached hydrogen (secondary N) is 1. The number of hydrogen-bond donors (Lipinski definition) is 1. The van der Waals surface area contributed by atoms with E-state index in [1.54, 1.807) is 12.1 Å². The number of hydrogen-bond acceptors (Lipinski definition) is 2. The summed E-state index contributed by atoms with van der Waals surface area (Å²) in [4.78, 5) is 0. The minimum Gasteiger partial charge on any atom is -0.493 e. The first-order valence-corrected chi connectivity index (χ1v) is 7.61. The van der Waals surface area contributed by atoms with Crippen molar-refractivity contribution in [3.05, 3.63) is 29.6 Å². The van der Waals surface area contributed by atoms with Crippen molar-refractivity contribution in [2.75, 3.05) is 13.2 Å². The summed E-state index contributed by atoms with van der Waals surface area (Å²) in [6, 6.07) is 4.76. The van der Waals surface area contributed by atoms with E-state index >= 15 is 0 Å². The van der Waals surface area contributed by atoms with Gasteiger partial charge in [-0.25, -0.2) is 4.39 Å². The van der Waals surface area contributed by atoms with Crippen LogP contribution in [0, 0.1) is 17.7 Å². The van der Waals surface area contributed by atoms with Crippen LogP contribution in [0.15, 0.2) is 18.2 Å². The van der Waals surface area contributed by atoms with Crippen LogP contribution >= 0.6 is 0 Å². The molecule has 0 aromatic heterocycles. The van der Waals surface area contributed by atoms with Crippen LogP contribution in [-0.2, 0) is 6.54 Å². The average Bonchev–Trinajstić information content (AvgIpc) is 2.36. The van der Waals surface area contributed by atoms with Crippen molar-refractivity contribution in [3.63, 3.8) is 0 Å². The van der Waals surface area contributed by atoms with E-state index in [1.807, 2.05) is 0 Å². The van der Waals surface area contributed by atoms with Gasteiger partial charge in [0.15, 0.2) is 0 Å². The molecule has 0 aliphatic rings. The molecule has 1 rings (SSSR count). The molecule has 0 unspecified atom stereocenters. The highest BCUT2D eigenvalue weighted by Gasteiger charge is 2.06. The van der Waals surface area contributed by atoms with E-state index in [2.05, 4.69) is 33.0 Å². The van der Waals surface area contributed by atoms with Gasteiger partial charge in [-0.05, 0) is 49.4 Å². The van der Waals surface area contributed by atoms with E-state index in [9.17, 15) is 4.39 Å². The molecule has 20 heavy (non-hydrogen) atoms. The molecule has 0 bridgehead atoms. The minimum atomic E-state index is -0.208. The van der Waals surface area contributed by atoms with E-state index in [0.29, 0.717) is 25.0 Å². The summed E-state index contributed by atoms with van der Waals surface area (Å²) in [6.07, 6.45) is 2.19. The first-order valence-electron chi connectivity index (χ1n) is 7.61. The van der Waals surface area contributed by atoms with Crippen LogP contribution in [0.1, 0.15) is 46.1 Å². The Morgan fingerprint density at radius 3 is 2.55 bits per heavy atom. The fourth-order valence-electron chi connectivity index (χ4n) is 2.00. The van der Waals surface area contributed by atoms with E-state index in [1.165, 1.54) is 6.07 Å². The Hall–Kier alpha value is -1.09. The summed E-state index contributed by atoms with van der Waals surface area (Å²) in [5.41, 5.74) is 0.898. The third-order valence-corrected chi connectivity index (χ3v) is 3.07. The van der Waals surface area contributed by atoms with Gasteiger partial charge >= 0.3 is 0 Å². The van der Waals surface area contributed by atoms with E-state index < -0.39 is 0 Å². The molecule has 0 radical (unpaired) electrons. The van der Waals surface area contributed by atoms with Crippen molar-refractivity contribution in [1.82, 2.24) is 5.32 Å². The Kier molecular flexibility index (Phi) is 7.60. The van der Waals surface area contributed by atoms with Crippen LogP contribution in [0.2, 0.25) is 0 Å². The summed E-state index contributed by atoms with van der Waals surface area (Å²) in [5, 5.41) is 3.33. The van der Waals surface area contributed by atoms with Crippen LogP contribution in [0.3, 0.4) is 0 Å². The van der Waals surface area contributed by atoms with Gasteiger partial charge in [0.05, 0.1) is 6.61 Å². The van der Waals surface area contributed by atoms with Gasteiger partial charge in [-0.1, -0.05) is 27.7 Å². The van der Waals surface area contributed by atoms with Gasteiger partial charge in [0.2, 0.25) is 0 Å². The molecular formula is C17H28FNO. The predicted molar refractivity (Wildman–Crippen MR) is 82.5 cm³/mol. The quantitative estimate of drug-likeness (QED) is 0.678. The monoisotopic (exact) mass is 281 g/mol. The molecule has 0 heterocycles. The van der Waals surface area contributed by atoms with Crippen LogP contribution in [0.5, 0.6) is 5.75 Å². The summed E-state index contributed by atoms with van der Waals surface area (Å²) in [7, 11) is 0. The molecule has 114 valence electrons. The van der Waals surface area contributed by atoms with Gasteiger partial charge in [0.1, 0.15) is 11.6 Å². The maximum atomic E-state index is 13.3. The molecule has 0 aliphatic heterocycles. The van der Waals surface area contributed by atoms with Crippen LogP contribution < -0.4 is 10.1 Å². The van der Waals surface area contributed by atoms with Crippen molar-refractivity contribution >= 4 is 0 Å². The van der Waals surface area contributed by atoms with Crippen molar-refractivity contribution in [2.24, 2.45) is 11.8 Å². The summed E-state index contributed by atoms with van der Waals surface area (Å²) >= 11 is 0. The van der Waals surface area contributed by atoms with Crippen LogP contribution in [0.25, 0.3) is 0 Å². The molecule has 0 saturated heterocycles. The zero-order valence-electron chi connectivity index (χ0n) is 13.2. The highest BCUT2D eigenvalue weighted by atomic mass is 19.1. The third-order valence-electron chi connectivity index (χ3n) is 3.07. The van der Waals surface area contributed by atoms with Crippen molar-refractivity contribution in [2.45, 2.75) is 47.1 Å². The molecule has 3 heteroatoms. The van der Waals surface area contributed by atoms with Crippen molar-refractivity contribution in [1.29, 1.82) is 0 Å². The fourth-order valence-corrected chi connectivity index (χ4v) is 2.00. The summed E-state index contributed by atoms with van der Waals surface area (Å²) in [6.45, 7) is 11.0. The molecule has 0 saturated carbocycles. The van der Waals surface area contributed by atoms with Gasteiger partial charge in [-0.2, -0.15) is 0 Å². The molecule has 0 fully saturated rings. The highest BCUT2D eigenvalue weighted by Crippen LogP contribution is 2.20. The maximum Gasteiger partial charge on any atom is 0.123 e. The lowest BCUT2D eigenvalue weighted by Crippen LogP contribution is -2.19. The molecule has 1 aromatic rings. The molecule has 0 atom stereocenters. The maximum absolute atomic E-state index is 13.3. The smallest absolute Gasteiger partial charge is 0.123 e. The number of halogens is 1. The van der Waals surface area contributed by atoms with Crippen LogP contribution in [-0.4, -0.2) is 13.2 Å². The first-order chi connectivity index (χ1) is 9.49. The van der Waals surface area contributed by atoms with Gasteiger partial charge in [-0.15, -0.1) is 0 Å². The average molecular weight is 281 g/mol. The van der Waals surface area contributed by atoms with Crippen LogP contribution in [0.4, 0.5) is 4.39 Å². The SMILES string of the molecule is CC(C)CCCOc1ccc(F)cc1CNCC(C)C. The van der Waals surface area contributed by atoms with E-state index in [-0.39, 0.29) is 5.82 Å². The Morgan fingerprint density at radius 2 is 1.90 bits per heavy atom. The standard InChI is InChI=1S/C17H28FNO/c1-13(2)6-5-9-20-17-8-7-16(18)10-15(17)12-19-11-14(3)4/h7-8,10,13-14,19H,5-6,9,11-12H2,1-4H3. The first kappa shape index (κ1) is 17.0. The molecule has 1 aromatic carbocycles. The fraction of sp³-hybridized carbons (Fsp3) is 0.647. The molecule has 0 aliphatic carbocycles. The summed E-state index contributed by atoms with van der Waals surface area (Å²) in [5.74, 6) is 1.87. The Bertz CT molecular complexity index is 391. The topological polar surface area (TPSA) is 21.3 Å². The van der Waals surface area contributed by atoms with Crippen molar-refractivity contribution in [3.8, 4) is 5.75 Å². The zero-order chi connectivity index (χ0) is 15.0. The number of benzene rings is 1. The van der Waals surface area contributed by atoms with E-state index in [0.717, 1.165) is 30.7 Å². The summed E-state index contributed by atoms with van der Waals surface area (Å²) < 4.78 is 19.1. The second-order valence-corrected chi connectivity index (χ2v) is 6.16. The van der Waals surface area contributed by atoms with E-state index in [4.69, 9.17) is 4.74 Å². The Labute approximate surface area is 122 Å². The van der Waals surface area contributed by atoms with Crippen molar-refractivity contribution < 1.29 is 9.13 Å². The van der Waals surface area contributed by atoms with Gasteiger partial charge in [0, 0.05) is 12.1 Å². The lowest BCUT2D eigenvalue weighted by atomic mass is 10.1. The Balaban J connectivity index is 2.51.